The van der Waals surface area contributed by atoms with E-state index in [9.17, 15) is 0 Å². The van der Waals surface area contributed by atoms with Gasteiger partial charge in [-0.3, -0.25) is 4.98 Å². The quantitative estimate of drug-likeness (QED) is 0.864. The van der Waals surface area contributed by atoms with Gasteiger partial charge in [0, 0.05) is 16.9 Å². The van der Waals surface area contributed by atoms with Gasteiger partial charge < -0.3 is 0 Å². The summed E-state index contributed by atoms with van der Waals surface area (Å²) < 4.78 is 0.951. The molecular formula is C12H9BrN2S. The predicted molar refractivity (Wildman–Crippen MR) is 68.3 cm³/mol. The Kier molecular flexibility index (Phi) is 3.70. The second-order valence-electron chi connectivity index (χ2n) is 3.45. The largest absolute Gasteiger partial charge is 0.263 e. The molecule has 0 aromatic carbocycles. The Bertz CT molecular complexity index is 502. The lowest BCUT2D eigenvalue weighted by Crippen LogP contribution is -1.99. The van der Waals surface area contributed by atoms with Crippen LogP contribution in [-0.2, 0) is 6.42 Å². The summed E-state index contributed by atoms with van der Waals surface area (Å²) in [6.07, 6.45) is 4.26. The van der Waals surface area contributed by atoms with Gasteiger partial charge in [-0.15, -0.1) is 0 Å². The number of hydrogen-bond donors (Lipinski definition) is 0. The first-order chi connectivity index (χ1) is 7.79. The molecule has 0 saturated heterocycles. The van der Waals surface area contributed by atoms with Crippen molar-refractivity contribution in [2.24, 2.45) is 0 Å². The van der Waals surface area contributed by atoms with Crippen molar-refractivity contribution >= 4 is 27.3 Å². The summed E-state index contributed by atoms with van der Waals surface area (Å²) in [7, 11) is 0. The molecule has 0 fully saturated rings. The third-order valence-electron chi connectivity index (χ3n) is 2.30. The standard InChI is InChI=1S/C12H9BrN2S/c13-12-4-9(6-15-7-12)3-11(5-14)10-1-2-16-8-10/h1-2,4,6-8,11H,3H2. The van der Waals surface area contributed by atoms with Gasteiger partial charge >= 0.3 is 0 Å². The van der Waals surface area contributed by atoms with E-state index in [0.29, 0.717) is 6.42 Å². The van der Waals surface area contributed by atoms with Gasteiger partial charge in [0.05, 0.1) is 12.0 Å². The highest BCUT2D eigenvalue weighted by atomic mass is 79.9. The van der Waals surface area contributed by atoms with Crippen molar-refractivity contribution in [2.75, 3.05) is 0 Å². The summed E-state index contributed by atoms with van der Waals surface area (Å²) in [4.78, 5) is 4.10. The first kappa shape index (κ1) is 11.3. The summed E-state index contributed by atoms with van der Waals surface area (Å²) in [5.41, 5.74) is 2.17. The smallest absolute Gasteiger partial charge is 0.0761 e. The van der Waals surface area contributed by atoms with Crippen molar-refractivity contribution < 1.29 is 0 Å². The number of nitrogens with zero attached hydrogens (tertiary/aromatic N) is 2. The Balaban J connectivity index is 2.17. The minimum absolute atomic E-state index is 0.0812. The molecule has 2 heterocycles. The maximum Gasteiger partial charge on any atom is 0.0761 e. The summed E-state index contributed by atoms with van der Waals surface area (Å²) in [6.45, 7) is 0. The zero-order valence-corrected chi connectivity index (χ0v) is 10.8. The first-order valence-corrected chi connectivity index (χ1v) is 6.54. The third-order valence-corrected chi connectivity index (χ3v) is 3.44. The molecule has 2 rings (SSSR count). The van der Waals surface area contributed by atoms with Gasteiger partial charge in [-0.05, 0) is 56.4 Å². The number of rotatable bonds is 3. The lowest BCUT2D eigenvalue weighted by Gasteiger charge is -2.06. The molecule has 1 atom stereocenters. The van der Waals surface area contributed by atoms with Crippen molar-refractivity contribution in [1.29, 1.82) is 5.26 Å². The fraction of sp³-hybridized carbons (Fsp3) is 0.167. The van der Waals surface area contributed by atoms with E-state index >= 15 is 0 Å². The minimum Gasteiger partial charge on any atom is -0.263 e. The van der Waals surface area contributed by atoms with Crippen LogP contribution < -0.4 is 0 Å². The minimum atomic E-state index is -0.0812. The topological polar surface area (TPSA) is 36.7 Å². The fourth-order valence-corrected chi connectivity index (χ4v) is 2.64. The van der Waals surface area contributed by atoms with E-state index in [1.807, 2.05) is 29.1 Å². The maximum atomic E-state index is 9.15. The highest BCUT2D eigenvalue weighted by Gasteiger charge is 2.12. The van der Waals surface area contributed by atoms with Crippen molar-refractivity contribution in [1.82, 2.24) is 4.98 Å². The molecule has 80 valence electrons. The van der Waals surface area contributed by atoms with E-state index in [1.165, 1.54) is 0 Å². The number of pyridine rings is 1. The van der Waals surface area contributed by atoms with Crippen LogP contribution in [0.4, 0.5) is 0 Å². The Morgan fingerprint density at radius 1 is 1.50 bits per heavy atom. The molecule has 2 aromatic heterocycles. The summed E-state index contributed by atoms with van der Waals surface area (Å²) >= 11 is 5.00. The zero-order valence-electron chi connectivity index (χ0n) is 8.43. The molecule has 4 heteroatoms. The summed E-state index contributed by atoms with van der Waals surface area (Å²) in [5.74, 6) is -0.0812. The van der Waals surface area contributed by atoms with Crippen LogP contribution in [0.2, 0.25) is 0 Å². The van der Waals surface area contributed by atoms with Crippen LogP contribution in [0.1, 0.15) is 17.0 Å². The Morgan fingerprint density at radius 2 is 2.38 bits per heavy atom. The van der Waals surface area contributed by atoms with E-state index in [-0.39, 0.29) is 5.92 Å². The summed E-state index contributed by atoms with van der Waals surface area (Å²) in [5, 5.41) is 13.2. The van der Waals surface area contributed by atoms with Gasteiger partial charge in [-0.25, -0.2) is 0 Å². The number of thiophene rings is 1. The third kappa shape index (κ3) is 2.69. The average Bonchev–Trinajstić information content (AvgIpc) is 2.79. The van der Waals surface area contributed by atoms with E-state index in [0.717, 1.165) is 15.6 Å². The first-order valence-electron chi connectivity index (χ1n) is 4.80. The van der Waals surface area contributed by atoms with Gasteiger partial charge in [-0.1, -0.05) is 0 Å². The van der Waals surface area contributed by atoms with Crippen molar-refractivity contribution in [3.05, 3.63) is 50.9 Å². The van der Waals surface area contributed by atoms with E-state index in [1.54, 1.807) is 17.5 Å². The van der Waals surface area contributed by atoms with Gasteiger partial charge in [0.1, 0.15) is 0 Å². The molecule has 2 aromatic rings. The second-order valence-corrected chi connectivity index (χ2v) is 5.15. The van der Waals surface area contributed by atoms with Crippen LogP contribution in [0.25, 0.3) is 0 Å². The molecule has 0 amide bonds. The Hall–Kier alpha value is -1.18. The SMILES string of the molecule is N#CC(Cc1cncc(Br)c1)c1ccsc1. The maximum absolute atomic E-state index is 9.15. The van der Waals surface area contributed by atoms with Crippen LogP contribution in [-0.4, -0.2) is 4.98 Å². The highest BCUT2D eigenvalue weighted by molar-refractivity contribution is 9.10. The molecule has 16 heavy (non-hydrogen) atoms. The lowest BCUT2D eigenvalue weighted by molar-refractivity contribution is 0.847. The van der Waals surface area contributed by atoms with Gasteiger partial charge in [0.25, 0.3) is 0 Å². The molecule has 1 unspecified atom stereocenters. The van der Waals surface area contributed by atoms with Crippen molar-refractivity contribution in [3.63, 3.8) is 0 Å². The van der Waals surface area contributed by atoms with Crippen molar-refractivity contribution in [3.8, 4) is 6.07 Å². The van der Waals surface area contributed by atoms with Gasteiger partial charge in [-0.2, -0.15) is 16.6 Å². The molecule has 0 radical (unpaired) electrons. The van der Waals surface area contributed by atoms with Gasteiger partial charge in [0.2, 0.25) is 0 Å². The lowest BCUT2D eigenvalue weighted by atomic mass is 9.96. The monoisotopic (exact) mass is 292 g/mol. The molecule has 0 aliphatic rings. The number of nitriles is 1. The second kappa shape index (κ2) is 5.24. The number of aromatic nitrogens is 1. The summed E-state index contributed by atoms with van der Waals surface area (Å²) in [6, 6.07) is 6.34. The van der Waals surface area contributed by atoms with Crippen LogP contribution in [0.3, 0.4) is 0 Å². The molecule has 2 nitrogen and oxygen atoms in total. The van der Waals surface area contributed by atoms with Gasteiger partial charge in [0.15, 0.2) is 0 Å². The molecule has 0 spiro atoms. The van der Waals surface area contributed by atoms with Crippen LogP contribution in [0.15, 0.2) is 39.8 Å². The molecule has 0 aliphatic heterocycles. The van der Waals surface area contributed by atoms with E-state index < -0.39 is 0 Å². The van der Waals surface area contributed by atoms with E-state index in [4.69, 9.17) is 5.26 Å². The molecular weight excluding hydrogens is 284 g/mol. The zero-order chi connectivity index (χ0) is 11.4. The molecule has 0 aliphatic carbocycles. The van der Waals surface area contributed by atoms with Crippen LogP contribution in [0.5, 0.6) is 0 Å². The fourth-order valence-electron chi connectivity index (χ4n) is 1.51. The van der Waals surface area contributed by atoms with Crippen molar-refractivity contribution in [2.45, 2.75) is 12.3 Å². The Morgan fingerprint density at radius 3 is 3.00 bits per heavy atom. The van der Waals surface area contributed by atoms with Crippen LogP contribution in [0, 0.1) is 11.3 Å². The molecule has 0 saturated carbocycles. The number of halogens is 1. The average molecular weight is 293 g/mol. The molecule has 0 N–H and O–H groups in total. The van der Waals surface area contributed by atoms with Crippen LogP contribution >= 0.6 is 27.3 Å². The Labute approximate surface area is 107 Å². The molecule has 0 bridgehead atoms. The predicted octanol–water partition coefficient (Wildman–Crippen LogP) is 3.76. The number of hydrogen-bond acceptors (Lipinski definition) is 3. The highest BCUT2D eigenvalue weighted by Crippen LogP contribution is 2.23. The normalized spacial score (nSPS) is 12.0. The van der Waals surface area contributed by atoms with E-state index in [2.05, 4.69) is 27.0 Å².